The number of nitrogens with zero attached hydrogens (tertiary/aromatic N) is 1. The fourth-order valence-electron chi connectivity index (χ4n) is 1.69. The lowest BCUT2D eigenvalue weighted by molar-refractivity contribution is 0.0909. The zero-order valence-corrected chi connectivity index (χ0v) is 11.1. The first-order valence-corrected chi connectivity index (χ1v) is 5.97. The van der Waals surface area contributed by atoms with Crippen LogP contribution in [-0.4, -0.2) is 16.4 Å². The molecule has 0 atom stereocenters. The zero-order chi connectivity index (χ0) is 13.1. The Hall–Kier alpha value is -1.29. The van der Waals surface area contributed by atoms with E-state index in [9.17, 15) is 4.79 Å². The van der Waals surface area contributed by atoms with Gasteiger partial charge in [0.1, 0.15) is 5.15 Å². The van der Waals surface area contributed by atoms with Crippen molar-refractivity contribution in [2.75, 3.05) is 5.73 Å². The quantitative estimate of drug-likeness (QED) is 0.813. The van der Waals surface area contributed by atoms with Crippen LogP contribution >= 0.6 is 11.6 Å². The number of carbonyl (C=O) groups excluding carboxylic acids is 1. The zero-order valence-electron chi connectivity index (χ0n) is 10.4. The van der Waals surface area contributed by atoms with Gasteiger partial charge in [0.2, 0.25) is 0 Å². The molecule has 0 saturated heterocycles. The van der Waals surface area contributed by atoms with Gasteiger partial charge in [-0.3, -0.25) is 4.79 Å². The molecule has 0 aromatic carbocycles. The summed E-state index contributed by atoms with van der Waals surface area (Å²) in [5.74, 6) is -0.242. The number of nitrogens with one attached hydrogen (secondary N) is 1. The van der Waals surface area contributed by atoms with Crippen LogP contribution in [0.5, 0.6) is 0 Å². The molecule has 0 aliphatic carbocycles. The lowest BCUT2D eigenvalue weighted by Crippen LogP contribution is -2.43. The van der Waals surface area contributed by atoms with Gasteiger partial charge in [-0.15, -0.1) is 0 Å². The second-order valence-corrected chi connectivity index (χ2v) is 5.05. The average molecular weight is 256 g/mol. The summed E-state index contributed by atoms with van der Waals surface area (Å²) in [5, 5.41) is 3.09. The number of nitrogens with two attached hydrogens (primary N) is 1. The topological polar surface area (TPSA) is 68.0 Å². The van der Waals surface area contributed by atoms with Gasteiger partial charge in [-0.25, -0.2) is 4.98 Å². The van der Waals surface area contributed by atoms with Gasteiger partial charge >= 0.3 is 0 Å². The molecule has 1 amide bonds. The highest BCUT2D eigenvalue weighted by molar-refractivity contribution is 6.32. The smallest absolute Gasteiger partial charge is 0.254 e. The SMILES string of the molecule is CCCC(C)(C)NC(=O)c1cc(N)cnc1Cl. The second-order valence-electron chi connectivity index (χ2n) is 4.70. The summed E-state index contributed by atoms with van der Waals surface area (Å²) in [6, 6.07) is 1.53. The van der Waals surface area contributed by atoms with Gasteiger partial charge in [0.15, 0.2) is 0 Å². The number of carbonyl (C=O) groups is 1. The van der Waals surface area contributed by atoms with Crippen LogP contribution in [0, 0.1) is 0 Å². The van der Waals surface area contributed by atoms with Gasteiger partial charge in [0, 0.05) is 5.54 Å². The number of amides is 1. The Kier molecular flexibility index (Phi) is 4.34. The first-order chi connectivity index (χ1) is 7.85. The van der Waals surface area contributed by atoms with Crippen LogP contribution in [-0.2, 0) is 0 Å². The van der Waals surface area contributed by atoms with Gasteiger partial charge in [-0.1, -0.05) is 24.9 Å². The monoisotopic (exact) mass is 255 g/mol. The Morgan fingerprint density at radius 3 is 2.82 bits per heavy atom. The third-order valence-electron chi connectivity index (χ3n) is 2.43. The molecule has 0 saturated carbocycles. The summed E-state index contributed by atoms with van der Waals surface area (Å²) in [7, 11) is 0. The molecule has 0 aliphatic rings. The number of rotatable bonds is 4. The molecule has 0 aliphatic heterocycles. The minimum absolute atomic E-state index is 0.170. The van der Waals surface area contributed by atoms with E-state index in [4.69, 9.17) is 17.3 Å². The summed E-state index contributed by atoms with van der Waals surface area (Å²) in [5.41, 5.74) is 6.06. The fourth-order valence-corrected chi connectivity index (χ4v) is 1.87. The maximum absolute atomic E-state index is 12.0. The predicted molar refractivity (Wildman–Crippen MR) is 70.1 cm³/mol. The van der Waals surface area contributed by atoms with E-state index in [-0.39, 0.29) is 16.6 Å². The lowest BCUT2D eigenvalue weighted by atomic mass is 9.98. The van der Waals surface area contributed by atoms with Crippen molar-refractivity contribution in [1.82, 2.24) is 10.3 Å². The highest BCUT2D eigenvalue weighted by Gasteiger charge is 2.21. The molecule has 0 radical (unpaired) electrons. The molecule has 0 unspecified atom stereocenters. The van der Waals surface area contributed by atoms with Crippen molar-refractivity contribution in [3.8, 4) is 0 Å². The summed E-state index contributed by atoms with van der Waals surface area (Å²) >= 11 is 5.87. The Balaban J connectivity index is 2.86. The van der Waals surface area contributed by atoms with Gasteiger partial charge in [-0.2, -0.15) is 0 Å². The van der Waals surface area contributed by atoms with Gasteiger partial charge in [0.05, 0.1) is 17.4 Å². The average Bonchev–Trinajstić information content (AvgIpc) is 2.20. The van der Waals surface area contributed by atoms with Crippen molar-refractivity contribution in [3.63, 3.8) is 0 Å². The third-order valence-corrected chi connectivity index (χ3v) is 2.73. The molecular formula is C12H18ClN3O. The van der Waals surface area contributed by atoms with Crippen LogP contribution in [0.15, 0.2) is 12.3 Å². The summed E-state index contributed by atoms with van der Waals surface area (Å²) in [6.45, 7) is 6.02. The first-order valence-electron chi connectivity index (χ1n) is 5.59. The molecule has 0 bridgehead atoms. The van der Waals surface area contributed by atoms with Crippen molar-refractivity contribution < 1.29 is 4.79 Å². The molecule has 94 valence electrons. The number of nitrogen functional groups attached to an aromatic ring is 1. The van der Waals surface area contributed by atoms with Crippen LogP contribution in [0.4, 0.5) is 5.69 Å². The van der Waals surface area contributed by atoms with E-state index >= 15 is 0 Å². The largest absolute Gasteiger partial charge is 0.397 e. The van der Waals surface area contributed by atoms with E-state index in [0.717, 1.165) is 12.8 Å². The van der Waals surface area contributed by atoms with E-state index in [1.807, 2.05) is 13.8 Å². The molecule has 3 N–H and O–H groups in total. The molecule has 1 heterocycles. The molecule has 1 aromatic heterocycles. The highest BCUT2D eigenvalue weighted by Crippen LogP contribution is 2.18. The molecule has 0 fully saturated rings. The minimum Gasteiger partial charge on any atom is -0.397 e. The van der Waals surface area contributed by atoms with Crippen molar-refractivity contribution in [3.05, 3.63) is 23.0 Å². The molecule has 17 heavy (non-hydrogen) atoms. The molecule has 1 aromatic rings. The van der Waals surface area contributed by atoms with Gasteiger partial charge in [0.25, 0.3) is 5.91 Å². The summed E-state index contributed by atoms with van der Waals surface area (Å²) in [4.78, 5) is 15.9. The van der Waals surface area contributed by atoms with Gasteiger partial charge < -0.3 is 11.1 Å². The second kappa shape index (κ2) is 5.36. The summed E-state index contributed by atoms with van der Waals surface area (Å²) in [6.07, 6.45) is 3.32. The molecule has 4 nitrogen and oxygen atoms in total. The van der Waals surface area contributed by atoms with Gasteiger partial charge in [-0.05, 0) is 26.3 Å². The molecule has 1 rings (SSSR count). The standard InChI is InChI=1S/C12H18ClN3O/c1-4-5-12(2,3)16-11(17)9-6-8(14)7-15-10(9)13/h6-7H,4-5,14H2,1-3H3,(H,16,17). The Morgan fingerprint density at radius 2 is 2.24 bits per heavy atom. The first kappa shape index (κ1) is 13.8. The van der Waals surface area contributed by atoms with E-state index in [1.165, 1.54) is 12.3 Å². The maximum Gasteiger partial charge on any atom is 0.254 e. The van der Waals surface area contributed by atoms with Crippen molar-refractivity contribution in [1.29, 1.82) is 0 Å². The number of aromatic nitrogens is 1. The normalized spacial score (nSPS) is 11.3. The predicted octanol–water partition coefficient (Wildman–Crippen LogP) is 2.63. The highest BCUT2D eigenvalue weighted by atomic mass is 35.5. The Labute approximate surface area is 107 Å². The Morgan fingerprint density at radius 1 is 1.59 bits per heavy atom. The molecule has 5 heteroatoms. The van der Waals surface area contributed by atoms with Crippen LogP contribution in [0.1, 0.15) is 44.0 Å². The van der Waals surface area contributed by atoms with E-state index in [1.54, 1.807) is 0 Å². The number of hydrogen-bond donors (Lipinski definition) is 2. The Bertz CT molecular complexity index is 418. The number of pyridine rings is 1. The van der Waals surface area contributed by atoms with Crippen molar-refractivity contribution in [2.45, 2.75) is 39.2 Å². The van der Waals surface area contributed by atoms with Crippen LogP contribution in [0.2, 0.25) is 5.15 Å². The van der Waals surface area contributed by atoms with Crippen LogP contribution in [0.25, 0.3) is 0 Å². The lowest BCUT2D eigenvalue weighted by Gasteiger charge is -2.25. The maximum atomic E-state index is 12.0. The molecular weight excluding hydrogens is 238 g/mol. The fraction of sp³-hybridized carbons (Fsp3) is 0.500. The minimum atomic E-state index is -0.264. The number of anilines is 1. The van der Waals surface area contributed by atoms with Crippen molar-refractivity contribution in [2.24, 2.45) is 0 Å². The number of halogens is 1. The van der Waals surface area contributed by atoms with Crippen LogP contribution < -0.4 is 11.1 Å². The number of hydrogen-bond acceptors (Lipinski definition) is 3. The van der Waals surface area contributed by atoms with Crippen molar-refractivity contribution >= 4 is 23.2 Å². The van der Waals surface area contributed by atoms with Crippen LogP contribution in [0.3, 0.4) is 0 Å². The van der Waals surface area contributed by atoms with E-state index < -0.39 is 0 Å². The summed E-state index contributed by atoms with van der Waals surface area (Å²) < 4.78 is 0. The van der Waals surface area contributed by atoms with E-state index in [2.05, 4.69) is 17.2 Å². The third kappa shape index (κ3) is 3.89. The molecule has 0 spiro atoms. The van der Waals surface area contributed by atoms with E-state index in [0.29, 0.717) is 11.3 Å².